The van der Waals surface area contributed by atoms with Crippen LogP contribution in [0.25, 0.3) is 0 Å². The van der Waals surface area contributed by atoms with E-state index >= 15 is 0 Å². The number of carboxylic acid groups (broad SMARTS) is 1. The van der Waals surface area contributed by atoms with Crippen LogP contribution in [0, 0.1) is 0 Å². The number of nitrogens with zero attached hydrogens (tertiary/aromatic N) is 2. The highest BCUT2D eigenvalue weighted by Crippen LogP contribution is 2.23. The summed E-state index contributed by atoms with van der Waals surface area (Å²) in [5, 5.41) is 12.1. The van der Waals surface area contributed by atoms with Crippen LogP contribution in [0.3, 0.4) is 0 Å². The number of hydrogen-bond acceptors (Lipinski definition) is 3. The molecule has 0 spiro atoms. The van der Waals surface area contributed by atoms with Crippen LogP contribution in [0.15, 0.2) is 12.5 Å². The van der Waals surface area contributed by atoms with Crippen LogP contribution < -0.4 is 5.32 Å². The van der Waals surface area contributed by atoms with Gasteiger partial charge in [0.15, 0.2) is 0 Å². The zero-order valence-electron chi connectivity index (χ0n) is 7.97. The summed E-state index contributed by atoms with van der Waals surface area (Å²) in [5.41, 5.74) is 0.699. The molecule has 0 bridgehead atoms. The minimum atomic E-state index is -0.847. The summed E-state index contributed by atoms with van der Waals surface area (Å²) in [6, 6.07) is -0.263. The molecule has 0 aliphatic heterocycles. The molecular weight excluding hydrogens is 182 g/mol. The molecule has 2 N–H and O–H groups in total. The minimum absolute atomic E-state index is 0.367. The number of hydrogen-bond donors (Lipinski definition) is 2. The Hall–Kier alpha value is -1.36. The topological polar surface area (TPSA) is 67.2 Å². The quantitative estimate of drug-likeness (QED) is 0.725. The maximum absolute atomic E-state index is 11.0. The first-order valence-electron chi connectivity index (χ1n) is 4.63. The fraction of sp³-hybridized carbons (Fsp3) is 0.556. The molecule has 1 aliphatic rings. The maximum Gasteiger partial charge on any atom is 0.326 e. The number of aryl methyl sites for hydroxylation is 1. The normalized spacial score (nSPS) is 18.1. The van der Waals surface area contributed by atoms with Gasteiger partial charge in [-0.2, -0.15) is 0 Å². The monoisotopic (exact) mass is 195 g/mol. The van der Waals surface area contributed by atoms with Gasteiger partial charge >= 0.3 is 5.97 Å². The smallest absolute Gasteiger partial charge is 0.326 e. The second kappa shape index (κ2) is 3.42. The highest BCUT2D eigenvalue weighted by molar-refractivity contribution is 5.75. The fourth-order valence-corrected chi connectivity index (χ4v) is 1.41. The molecule has 0 aromatic carbocycles. The second-order valence-corrected chi connectivity index (χ2v) is 3.64. The lowest BCUT2D eigenvalue weighted by atomic mass is 10.2. The Kier molecular flexibility index (Phi) is 2.25. The van der Waals surface area contributed by atoms with Crippen LogP contribution in [0.5, 0.6) is 0 Å². The van der Waals surface area contributed by atoms with E-state index in [1.54, 1.807) is 24.1 Å². The van der Waals surface area contributed by atoms with Crippen molar-refractivity contribution in [2.75, 3.05) is 0 Å². The summed E-state index contributed by atoms with van der Waals surface area (Å²) in [5.74, 6) is -0.847. The maximum atomic E-state index is 11.0. The Morgan fingerprint density at radius 1 is 1.79 bits per heavy atom. The van der Waals surface area contributed by atoms with E-state index in [-0.39, 0.29) is 0 Å². The van der Waals surface area contributed by atoms with Gasteiger partial charge in [0.1, 0.15) is 6.04 Å². The third-order valence-corrected chi connectivity index (χ3v) is 2.38. The third-order valence-electron chi connectivity index (χ3n) is 2.38. The number of carbonyl (C=O) groups is 1. The van der Waals surface area contributed by atoms with Crippen molar-refractivity contribution in [3.63, 3.8) is 0 Å². The highest BCUT2D eigenvalue weighted by atomic mass is 16.4. The third kappa shape index (κ3) is 1.77. The molecule has 76 valence electrons. The lowest BCUT2D eigenvalue weighted by Gasteiger charge is -2.13. The van der Waals surface area contributed by atoms with Crippen molar-refractivity contribution in [2.24, 2.45) is 7.05 Å². The molecule has 1 saturated carbocycles. The molecule has 1 unspecified atom stereocenters. The van der Waals surface area contributed by atoms with E-state index < -0.39 is 12.0 Å². The van der Waals surface area contributed by atoms with Crippen molar-refractivity contribution in [1.29, 1.82) is 0 Å². The molecule has 1 heterocycles. The molecule has 1 aromatic rings. The average Bonchev–Trinajstić information content (AvgIpc) is 2.85. The van der Waals surface area contributed by atoms with E-state index in [0.29, 0.717) is 11.7 Å². The predicted octanol–water partition coefficient (Wildman–Crippen LogP) is 0.298. The van der Waals surface area contributed by atoms with Gasteiger partial charge in [-0.1, -0.05) is 0 Å². The zero-order chi connectivity index (χ0) is 10.1. The summed E-state index contributed by atoms with van der Waals surface area (Å²) in [6.07, 6.45) is 5.34. The summed E-state index contributed by atoms with van der Waals surface area (Å²) >= 11 is 0. The lowest BCUT2D eigenvalue weighted by Crippen LogP contribution is -2.31. The number of nitrogens with one attached hydrogen (secondary N) is 1. The van der Waals surface area contributed by atoms with E-state index in [9.17, 15) is 4.79 Å². The van der Waals surface area contributed by atoms with Gasteiger partial charge in [-0.15, -0.1) is 0 Å². The average molecular weight is 195 g/mol. The first-order valence-corrected chi connectivity index (χ1v) is 4.63. The van der Waals surface area contributed by atoms with Crippen LogP contribution >= 0.6 is 0 Å². The number of imidazole rings is 1. The molecule has 2 rings (SSSR count). The number of carboxylic acids is 1. The molecule has 1 aromatic heterocycles. The van der Waals surface area contributed by atoms with Crippen molar-refractivity contribution in [3.05, 3.63) is 18.2 Å². The van der Waals surface area contributed by atoms with Crippen LogP contribution in [0.2, 0.25) is 0 Å². The Bertz CT molecular complexity index is 344. The van der Waals surface area contributed by atoms with Crippen LogP contribution in [-0.4, -0.2) is 26.7 Å². The Balaban J connectivity index is 2.16. The van der Waals surface area contributed by atoms with Crippen molar-refractivity contribution in [1.82, 2.24) is 14.9 Å². The fourth-order valence-electron chi connectivity index (χ4n) is 1.41. The number of aromatic nitrogens is 2. The van der Waals surface area contributed by atoms with E-state index in [0.717, 1.165) is 12.8 Å². The molecule has 5 nitrogen and oxygen atoms in total. The molecule has 1 fully saturated rings. The van der Waals surface area contributed by atoms with Gasteiger partial charge in [-0.3, -0.25) is 10.1 Å². The predicted molar refractivity (Wildman–Crippen MR) is 49.7 cm³/mol. The molecule has 0 saturated heterocycles. The largest absolute Gasteiger partial charge is 0.480 e. The van der Waals surface area contributed by atoms with Crippen LogP contribution in [0.4, 0.5) is 0 Å². The zero-order valence-corrected chi connectivity index (χ0v) is 7.97. The van der Waals surface area contributed by atoms with Gasteiger partial charge < -0.3 is 9.67 Å². The van der Waals surface area contributed by atoms with Gasteiger partial charge in [0.05, 0.1) is 18.2 Å². The van der Waals surface area contributed by atoms with Crippen molar-refractivity contribution < 1.29 is 9.90 Å². The van der Waals surface area contributed by atoms with E-state index in [2.05, 4.69) is 10.3 Å². The summed E-state index contributed by atoms with van der Waals surface area (Å²) in [4.78, 5) is 14.9. The highest BCUT2D eigenvalue weighted by Gasteiger charge is 2.30. The van der Waals surface area contributed by atoms with Gasteiger partial charge in [0.2, 0.25) is 0 Å². The molecule has 14 heavy (non-hydrogen) atoms. The molecule has 0 amide bonds. The lowest BCUT2D eigenvalue weighted by molar-refractivity contribution is -0.139. The van der Waals surface area contributed by atoms with Gasteiger partial charge in [-0.05, 0) is 12.8 Å². The molecule has 0 radical (unpaired) electrons. The second-order valence-electron chi connectivity index (χ2n) is 3.64. The van der Waals surface area contributed by atoms with E-state index in [1.807, 2.05) is 0 Å². The SMILES string of the molecule is Cn1cncc1C(NC1CC1)C(=O)O. The van der Waals surface area contributed by atoms with Crippen molar-refractivity contribution in [2.45, 2.75) is 24.9 Å². The molecule has 1 atom stereocenters. The van der Waals surface area contributed by atoms with Crippen molar-refractivity contribution in [3.8, 4) is 0 Å². The van der Waals surface area contributed by atoms with E-state index in [1.165, 1.54) is 0 Å². The van der Waals surface area contributed by atoms with Gasteiger partial charge in [-0.25, -0.2) is 4.98 Å². The molecular formula is C9H13N3O2. The molecule has 1 aliphatic carbocycles. The minimum Gasteiger partial charge on any atom is -0.480 e. The molecule has 5 heteroatoms. The first kappa shape index (κ1) is 9.21. The van der Waals surface area contributed by atoms with E-state index in [4.69, 9.17) is 5.11 Å². The van der Waals surface area contributed by atoms with Crippen LogP contribution in [0.1, 0.15) is 24.6 Å². The van der Waals surface area contributed by atoms with Crippen molar-refractivity contribution >= 4 is 5.97 Å². The summed E-state index contributed by atoms with van der Waals surface area (Å²) < 4.78 is 1.73. The Morgan fingerprint density at radius 2 is 2.50 bits per heavy atom. The van der Waals surface area contributed by atoms with Gasteiger partial charge in [0.25, 0.3) is 0 Å². The Labute approximate surface area is 81.8 Å². The summed E-state index contributed by atoms with van der Waals surface area (Å²) in [6.45, 7) is 0. The van der Waals surface area contributed by atoms with Gasteiger partial charge in [0, 0.05) is 13.1 Å². The Morgan fingerprint density at radius 3 is 2.93 bits per heavy atom. The summed E-state index contributed by atoms with van der Waals surface area (Å²) in [7, 11) is 1.80. The standard InChI is InChI=1S/C9H13N3O2/c1-12-5-10-4-7(12)8(9(13)14)11-6-2-3-6/h4-6,8,11H,2-3H2,1H3,(H,13,14). The number of rotatable bonds is 4. The number of aliphatic carboxylic acids is 1. The van der Waals surface area contributed by atoms with Crippen LogP contribution in [-0.2, 0) is 11.8 Å². The first-order chi connectivity index (χ1) is 6.68.